The fourth-order valence-electron chi connectivity index (χ4n) is 3.00. The van der Waals surface area contributed by atoms with Crippen molar-refractivity contribution in [3.63, 3.8) is 0 Å². The summed E-state index contributed by atoms with van der Waals surface area (Å²) in [5.41, 5.74) is 2.54. The fourth-order valence-corrected chi connectivity index (χ4v) is 5.43. The number of hydrogen-bond acceptors (Lipinski definition) is 7. The fraction of sp³-hybridized carbons (Fsp3) is 0.0870. The molecule has 1 saturated heterocycles. The van der Waals surface area contributed by atoms with Crippen LogP contribution in [0.3, 0.4) is 0 Å². The predicted molar refractivity (Wildman–Crippen MR) is 137 cm³/mol. The molecular formula is C23H16BrNO4S3. The number of rotatable bonds is 5. The molecule has 1 aliphatic rings. The zero-order valence-electron chi connectivity index (χ0n) is 17.0. The van der Waals surface area contributed by atoms with Gasteiger partial charge in [0.1, 0.15) is 4.88 Å². The molecule has 0 saturated carbocycles. The van der Waals surface area contributed by atoms with Crippen molar-refractivity contribution in [3.05, 3.63) is 79.3 Å². The lowest BCUT2D eigenvalue weighted by molar-refractivity contribution is -0.113. The maximum absolute atomic E-state index is 13.0. The predicted octanol–water partition coefficient (Wildman–Crippen LogP) is 6.45. The second kappa shape index (κ2) is 9.58. The largest absolute Gasteiger partial charge is 0.493 e. The molecule has 4 rings (SSSR count). The van der Waals surface area contributed by atoms with Gasteiger partial charge >= 0.3 is 5.97 Å². The Hall–Kier alpha value is -2.46. The van der Waals surface area contributed by atoms with E-state index in [0.29, 0.717) is 29.9 Å². The van der Waals surface area contributed by atoms with E-state index in [2.05, 4.69) is 15.9 Å². The van der Waals surface area contributed by atoms with Gasteiger partial charge in [0.15, 0.2) is 15.8 Å². The van der Waals surface area contributed by atoms with Gasteiger partial charge in [-0.2, -0.15) is 0 Å². The summed E-state index contributed by atoms with van der Waals surface area (Å²) in [5.74, 6) is -0.0161. The molecule has 0 bridgehead atoms. The maximum atomic E-state index is 13.0. The van der Waals surface area contributed by atoms with Crippen molar-refractivity contribution in [1.29, 1.82) is 0 Å². The highest BCUT2D eigenvalue weighted by Crippen LogP contribution is 2.40. The summed E-state index contributed by atoms with van der Waals surface area (Å²) >= 11 is 11.4. The Morgan fingerprint density at radius 3 is 2.59 bits per heavy atom. The van der Waals surface area contributed by atoms with Gasteiger partial charge in [0.25, 0.3) is 5.91 Å². The third-order valence-corrected chi connectivity index (χ3v) is 7.29. The molecule has 1 aromatic heterocycles. The van der Waals surface area contributed by atoms with E-state index in [1.165, 1.54) is 35.1 Å². The quantitative estimate of drug-likeness (QED) is 0.159. The number of methoxy groups -OCH3 is 1. The molecule has 1 fully saturated rings. The normalized spacial score (nSPS) is 14.8. The summed E-state index contributed by atoms with van der Waals surface area (Å²) in [6, 6.07) is 14.6. The third-order valence-electron chi connectivity index (χ3n) is 4.55. The van der Waals surface area contributed by atoms with E-state index in [1.54, 1.807) is 35.7 Å². The number of ether oxygens (including phenoxy) is 2. The maximum Gasteiger partial charge on any atom is 0.353 e. The molecule has 1 amide bonds. The van der Waals surface area contributed by atoms with Crippen LogP contribution in [0.25, 0.3) is 6.08 Å². The summed E-state index contributed by atoms with van der Waals surface area (Å²) in [6.45, 7) is 1.99. The zero-order chi connectivity index (χ0) is 22.8. The molecule has 9 heteroatoms. The second-order valence-electron chi connectivity index (χ2n) is 6.75. The van der Waals surface area contributed by atoms with E-state index in [-0.39, 0.29) is 11.7 Å². The van der Waals surface area contributed by atoms with Crippen molar-refractivity contribution in [2.75, 3.05) is 12.0 Å². The van der Waals surface area contributed by atoms with E-state index in [4.69, 9.17) is 21.7 Å². The number of thioether (sulfide) groups is 1. The van der Waals surface area contributed by atoms with Crippen LogP contribution in [0.1, 0.15) is 20.8 Å². The Kier molecular flexibility index (Phi) is 6.80. The van der Waals surface area contributed by atoms with Crippen molar-refractivity contribution >= 4 is 79.2 Å². The van der Waals surface area contributed by atoms with Crippen molar-refractivity contribution in [1.82, 2.24) is 0 Å². The minimum Gasteiger partial charge on any atom is -0.493 e. The molecule has 5 nitrogen and oxygen atoms in total. The van der Waals surface area contributed by atoms with Crippen LogP contribution >= 0.6 is 51.2 Å². The molecule has 2 heterocycles. The van der Waals surface area contributed by atoms with Gasteiger partial charge in [0.05, 0.1) is 22.2 Å². The zero-order valence-corrected chi connectivity index (χ0v) is 21.0. The first-order chi connectivity index (χ1) is 15.4. The average Bonchev–Trinajstić information content (AvgIpc) is 3.39. The highest BCUT2D eigenvalue weighted by atomic mass is 79.9. The number of nitrogens with zero attached hydrogens (tertiary/aromatic N) is 1. The molecule has 32 heavy (non-hydrogen) atoms. The number of hydrogen-bond donors (Lipinski definition) is 0. The second-order valence-corrected chi connectivity index (χ2v) is 10.2. The lowest BCUT2D eigenvalue weighted by Crippen LogP contribution is -2.27. The molecule has 0 spiro atoms. The molecule has 0 N–H and O–H groups in total. The number of thiophene rings is 1. The van der Waals surface area contributed by atoms with Gasteiger partial charge in [-0.3, -0.25) is 9.69 Å². The molecule has 2 aromatic carbocycles. The smallest absolute Gasteiger partial charge is 0.353 e. The highest BCUT2D eigenvalue weighted by molar-refractivity contribution is 9.10. The number of halogens is 1. The Bertz CT molecular complexity index is 1240. The van der Waals surface area contributed by atoms with Crippen molar-refractivity contribution in [3.8, 4) is 11.5 Å². The van der Waals surface area contributed by atoms with Crippen LogP contribution in [0, 0.1) is 6.92 Å². The third kappa shape index (κ3) is 4.66. The Labute approximate surface area is 207 Å². The molecule has 1 aliphatic heterocycles. The number of benzene rings is 2. The molecule has 0 atom stereocenters. The lowest BCUT2D eigenvalue weighted by Gasteiger charge is -2.14. The molecule has 0 unspecified atom stereocenters. The number of esters is 1. The van der Waals surface area contributed by atoms with Crippen molar-refractivity contribution < 1.29 is 19.1 Å². The van der Waals surface area contributed by atoms with Gasteiger partial charge in [-0.15, -0.1) is 11.3 Å². The van der Waals surface area contributed by atoms with Crippen LogP contribution in [0.2, 0.25) is 0 Å². The average molecular weight is 546 g/mol. The first kappa shape index (κ1) is 22.7. The van der Waals surface area contributed by atoms with Crippen LogP contribution in [-0.2, 0) is 4.79 Å². The van der Waals surface area contributed by atoms with Crippen LogP contribution in [0.5, 0.6) is 11.5 Å². The number of amides is 1. The van der Waals surface area contributed by atoms with Gasteiger partial charge in [0, 0.05) is 0 Å². The monoisotopic (exact) mass is 545 g/mol. The highest BCUT2D eigenvalue weighted by Gasteiger charge is 2.33. The molecule has 0 radical (unpaired) electrons. The Morgan fingerprint density at radius 2 is 1.94 bits per heavy atom. The topological polar surface area (TPSA) is 55.8 Å². The van der Waals surface area contributed by atoms with Crippen molar-refractivity contribution in [2.45, 2.75) is 6.92 Å². The Morgan fingerprint density at radius 1 is 1.19 bits per heavy atom. The van der Waals surface area contributed by atoms with Gasteiger partial charge < -0.3 is 9.47 Å². The number of anilines is 1. The van der Waals surface area contributed by atoms with Gasteiger partial charge in [-0.25, -0.2) is 4.79 Å². The summed E-state index contributed by atoms with van der Waals surface area (Å²) in [6.07, 6.45) is 1.74. The first-order valence-corrected chi connectivity index (χ1v) is 12.2. The SMILES string of the molecule is COc1cc(/C=C2/SC(=S)N(c3ccc(C)cc3)C2=O)cc(Br)c1OC(=O)c1cccs1. The molecule has 0 aliphatic carbocycles. The molecule has 3 aromatic rings. The number of carbonyl (C=O) groups is 2. The summed E-state index contributed by atoms with van der Waals surface area (Å²) in [5, 5.41) is 1.80. The number of aryl methyl sites for hydroxylation is 1. The minimum atomic E-state index is -0.467. The van der Waals surface area contributed by atoms with E-state index in [0.717, 1.165) is 11.3 Å². The van der Waals surface area contributed by atoms with Crippen LogP contribution in [-0.4, -0.2) is 23.3 Å². The molecular weight excluding hydrogens is 530 g/mol. The van der Waals surface area contributed by atoms with E-state index in [9.17, 15) is 9.59 Å². The summed E-state index contributed by atoms with van der Waals surface area (Å²) in [4.78, 5) is 27.9. The van der Waals surface area contributed by atoms with Crippen LogP contribution < -0.4 is 14.4 Å². The van der Waals surface area contributed by atoms with Crippen LogP contribution in [0.4, 0.5) is 5.69 Å². The lowest BCUT2D eigenvalue weighted by atomic mass is 10.1. The van der Waals surface area contributed by atoms with Crippen LogP contribution in [0.15, 0.2) is 63.3 Å². The Balaban J connectivity index is 1.62. The number of thiocarbonyl (C=S) groups is 1. The standard InChI is InChI=1S/C23H16BrNO4S3/c1-13-5-7-15(8-6-13)25-21(26)19(32-23(25)30)12-14-10-16(24)20(17(11-14)28-2)29-22(27)18-4-3-9-31-18/h3-12H,1-2H3/b19-12+. The molecule has 162 valence electrons. The first-order valence-electron chi connectivity index (χ1n) is 9.35. The summed E-state index contributed by atoms with van der Waals surface area (Å²) < 4.78 is 12.0. The van der Waals surface area contributed by atoms with Crippen molar-refractivity contribution in [2.24, 2.45) is 0 Å². The van der Waals surface area contributed by atoms with Gasteiger partial charge in [0.2, 0.25) is 0 Å². The minimum absolute atomic E-state index is 0.188. The van der Waals surface area contributed by atoms with E-state index >= 15 is 0 Å². The van der Waals surface area contributed by atoms with Gasteiger partial charge in [-0.1, -0.05) is 47.7 Å². The van der Waals surface area contributed by atoms with E-state index < -0.39 is 5.97 Å². The summed E-state index contributed by atoms with van der Waals surface area (Å²) in [7, 11) is 1.49. The van der Waals surface area contributed by atoms with Gasteiger partial charge in [-0.05, 0) is 70.2 Å². The number of carbonyl (C=O) groups excluding carboxylic acids is 2. The van der Waals surface area contributed by atoms with E-state index in [1.807, 2.05) is 31.2 Å².